The van der Waals surface area contributed by atoms with E-state index in [1.54, 1.807) is 12.4 Å². The van der Waals surface area contributed by atoms with Gasteiger partial charge in [-0.25, -0.2) is 9.97 Å². The van der Waals surface area contributed by atoms with Gasteiger partial charge in [-0.2, -0.15) is 0 Å². The number of aryl methyl sites for hydroxylation is 2. The minimum Gasteiger partial charge on any atom is -0.491 e. The van der Waals surface area contributed by atoms with Crippen molar-refractivity contribution in [3.63, 3.8) is 0 Å². The van der Waals surface area contributed by atoms with Gasteiger partial charge in [0.2, 0.25) is 0 Å². The molecule has 37 heavy (non-hydrogen) atoms. The van der Waals surface area contributed by atoms with Gasteiger partial charge in [-0.05, 0) is 49.2 Å². The van der Waals surface area contributed by atoms with Crippen molar-refractivity contribution < 1.29 is 19.7 Å². The molecule has 2 aromatic heterocycles. The smallest absolute Gasteiger partial charge is 0.119 e. The van der Waals surface area contributed by atoms with Crippen LogP contribution in [0.3, 0.4) is 0 Å². The van der Waals surface area contributed by atoms with Crippen molar-refractivity contribution in [3.05, 3.63) is 96.1 Å². The number of ether oxygens (including phenoxy) is 2. The molecular formula is C29H36N4O4. The summed E-state index contributed by atoms with van der Waals surface area (Å²) in [4.78, 5) is 8.35. The molecule has 0 spiro atoms. The summed E-state index contributed by atoms with van der Waals surface area (Å²) in [6.07, 6.45) is 5.89. The zero-order valence-electron chi connectivity index (χ0n) is 21.9. The van der Waals surface area contributed by atoms with E-state index < -0.39 is 12.2 Å². The second-order valence-electron chi connectivity index (χ2n) is 9.86. The highest BCUT2D eigenvalue weighted by Crippen LogP contribution is 2.33. The molecule has 0 amide bonds. The van der Waals surface area contributed by atoms with Crippen LogP contribution in [-0.2, 0) is 18.5 Å². The van der Waals surface area contributed by atoms with Gasteiger partial charge in [0.05, 0.1) is 13.1 Å². The maximum atomic E-state index is 10.3. The molecule has 0 fully saturated rings. The Balaban J connectivity index is 1.29. The van der Waals surface area contributed by atoms with Crippen LogP contribution in [0.1, 0.15) is 36.6 Å². The normalized spacial score (nSPS) is 13.4. The summed E-state index contributed by atoms with van der Waals surface area (Å²) in [6.45, 7) is 9.46. The molecule has 2 unspecified atom stereocenters. The number of aliphatic hydroxyl groups is 2. The molecule has 196 valence electrons. The van der Waals surface area contributed by atoms with Crippen LogP contribution in [0.5, 0.6) is 11.5 Å². The van der Waals surface area contributed by atoms with Gasteiger partial charge in [-0.3, -0.25) is 0 Å². The van der Waals surface area contributed by atoms with Crippen LogP contribution >= 0.6 is 0 Å². The summed E-state index contributed by atoms with van der Waals surface area (Å²) in [6, 6.07) is 16.0. The van der Waals surface area contributed by atoms with E-state index in [0.29, 0.717) is 24.6 Å². The van der Waals surface area contributed by atoms with Crippen molar-refractivity contribution in [2.45, 2.75) is 58.4 Å². The Morgan fingerprint density at radius 1 is 0.703 bits per heavy atom. The first kappa shape index (κ1) is 26.4. The fourth-order valence-corrected chi connectivity index (χ4v) is 4.24. The highest BCUT2D eigenvalue weighted by atomic mass is 16.5. The largest absolute Gasteiger partial charge is 0.491 e. The molecule has 4 rings (SSSR count). The predicted octanol–water partition coefficient (Wildman–Crippen LogP) is 3.90. The van der Waals surface area contributed by atoms with Crippen LogP contribution in [0.25, 0.3) is 0 Å². The number of aliphatic hydroxyl groups excluding tert-OH is 2. The third-order valence-electron chi connectivity index (χ3n) is 6.70. The Kier molecular flexibility index (Phi) is 8.31. The number of benzene rings is 2. The molecule has 0 aliphatic rings. The Labute approximate surface area is 218 Å². The van der Waals surface area contributed by atoms with Crippen molar-refractivity contribution in [1.82, 2.24) is 19.1 Å². The van der Waals surface area contributed by atoms with E-state index in [4.69, 9.17) is 9.47 Å². The molecule has 2 N–H and O–H groups in total. The zero-order valence-corrected chi connectivity index (χ0v) is 21.9. The first-order chi connectivity index (χ1) is 17.7. The number of hydrogen-bond acceptors (Lipinski definition) is 6. The van der Waals surface area contributed by atoms with Crippen molar-refractivity contribution in [1.29, 1.82) is 0 Å². The van der Waals surface area contributed by atoms with Crippen LogP contribution in [0, 0.1) is 13.8 Å². The maximum Gasteiger partial charge on any atom is 0.119 e. The standard InChI is InChI=1S/C29H36N4O4/c1-21-30-13-15-32(21)17-25(34)19-36-27-9-5-23(6-10-27)29(3,4)24-7-11-28(12-8-24)37-20-26(35)18-33-16-14-31-22(33)2/h5-16,25-26,34-35H,17-20H2,1-4H3. The maximum absolute atomic E-state index is 10.3. The first-order valence-corrected chi connectivity index (χ1v) is 12.5. The van der Waals surface area contributed by atoms with Crippen LogP contribution in [0.15, 0.2) is 73.3 Å². The molecule has 8 heteroatoms. The number of aromatic nitrogens is 4. The van der Waals surface area contributed by atoms with Gasteiger partial charge in [0, 0.05) is 30.2 Å². The summed E-state index contributed by atoms with van der Waals surface area (Å²) in [5.74, 6) is 3.16. The second kappa shape index (κ2) is 11.6. The van der Waals surface area contributed by atoms with Crippen molar-refractivity contribution in [2.24, 2.45) is 0 Å². The number of nitrogens with zero attached hydrogens (tertiary/aromatic N) is 4. The Hall–Kier alpha value is -3.62. The molecule has 0 saturated carbocycles. The average molecular weight is 505 g/mol. The minimum absolute atomic E-state index is 0.207. The number of imidazole rings is 2. The Bertz CT molecular complexity index is 1160. The fraction of sp³-hybridized carbons (Fsp3) is 0.379. The van der Waals surface area contributed by atoms with Gasteiger partial charge < -0.3 is 28.8 Å². The van der Waals surface area contributed by atoms with E-state index in [9.17, 15) is 10.2 Å². The second-order valence-corrected chi connectivity index (χ2v) is 9.86. The molecule has 2 aromatic carbocycles. The average Bonchev–Trinajstić information content (AvgIpc) is 3.49. The lowest BCUT2D eigenvalue weighted by atomic mass is 9.78. The van der Waals surface area contributed by atoms with E-state index in [1.165, 1.54) is 0 Å². The summed E-state index contributed by atoms with van der Waals surface area (Å²) in [5.41, 5.74) is 2.07. The number of rotatable bonds is 12. The summed E-state index contributed by atoms with van der Waals surface area (Å²) >= 11 is 0. The molecule has 2 heterocycles. The Morgan fingerprint density at radius 2 is 1.08 bits per heavy atom. The number of hydrogen-bond donors (Lipinski definition) is 2. The molecule has 0 radical (unpaired) electrons. The molecule has 0 bridgehead atoms. The predicted molar refractivity (Wildman–Crippen MR) is 142 cm³/mol. The molecule has 2 atom stereocenters. The molecule has 8 nitrogen and oxygen atoms in total. The van der Waals surface area contributed by atoms with E-state index in [-0.39, 0.29) is 18.6 Å². The Morgan fingerprint density at radius 3 is 1.41 bits per heavy atom. The topological polar surface area (TPSA) is 94.6 Å². The van der Waals surface area contributed by atoms with Gasteiger partial charge >= 0.3 is 0 Å². The molecule has 0 aliphatic carbocycles. The SMILES string of the molecule is Cc1nccn1CC(O)COc1ccc(C(C)(C)c2ccc(OCC(O)Cn3ccnc3C)cc2)cc1. The highest BCUT2D eigenvalue weighted by Gasteiger charge is 2.23. The van der Waals surface area contributed by atoms with Crippen LogP contribution in [0.2, 0.25) is 0 Å². The molecule has 4 aromatic rings. The highest BCUT2D eigenvalue weighted by molar-refractivity contribution is 5.41. The van der Waals surface area contributed by atoms with Crippen molar-refractivity contribution in [2.75, 3.05) is 13.2 Å². The first-order valence-electron chi connectivity index (χ1n) is 12.5. The van der Waals surface area contributed by atoms with E-state index in [2.05, 4.69) is 48.1 Å². The third-order valence-corrected chi connectivity index (χ3v) is 6.70. The fourth-order valence-electron chi connectivity index (χ4n) is 4.24. The van der Waals surface area contributed by atoms with Crippen LogP contribution in [0.4, 0.5) is 0 Å². The summed E-state index contributed by atoms with van der Waals surface area (Å²) in [5, 5.41) is 20.6. The lowest BCUT2D eigenvalue weighted by Gasteiger charge is -2.26. The van der Waals surface area contributed by atoms with Gasteiger partial charge in [0.15, 0.2) is 0 Å². The van der Waals surface area contributed by atoms with Crippen LogP contribution < -0.4 is 9.47 Å². The van der Waals surface area contributed by atoms with Gasteiger partial charge in [0.1, 0.15) is 48.6 Å². The van der Waals surface area contributed by atoms with Crippen molar-refractivity contribution >= 4 is 0 Å². The zero-order chi connectivity index (χ0) is 26.4. The van der Waals surface area contributed by atoms with Gasteiger partial charge in [-0.1, -0.05) is 38.1 Å². The third kappa shape index (κ3) is 6.78. The van der Waals surface area contributed by atoms with E-state index in [0.717, 1.165) is 22.8 Å². The van der Waals surface area contributed by atoms with Crippen LogP contribution in [-0.4, -0.2) is 54.7 Å². The monoisotopic (exact) mass is 504 g/mol. The minimum atomic E-state index is -0.624. The van der Waals surface area contributed by atoms with Gasteiger partial charge in [-0.15, -0.1) is 0 Å². The molecular weight excluding hydrogens is 468 g/mol. The molecule has 0 saturated heterocycles. The lowest BCUT2D eigenvalue weighted by molar-refractivity contribution is 0.0919. The molecule has 0 aliphatic heterocycles. The van der Waals surface area contributed by atoms with E-state index >= 15 is 0 Å². The lowest BCUT2D eigenvalue weighted by Crippen LogP contribution is -2.24. The van der Waals surface area contributed by atoms with Crippen molar-refractivity contribution in [3.8, 4) is 11.5 Å². The quantitative estimate of drug-likeness (QED) is 0.304. The summed E-state index contributed by atoms with van der Waals surface area (Å²) in [7, 11) is 0. The van der Waals surface area contributed by atoms with Gasteiger partial charge in [0.25, 0.3) is 0 Å². The van der Waals surface area contributed by atoms with E-state index in [1.807, 2.05) is 59.6 Å². The summed E-state index contributed by atoms with van der Waals surface area (Å²) < 4.78 is 15.4.